The van der Waals surface area contributed by atoms with Crippen LogP contribution in [-0.2, 0) is 5.41 Å². The monoisotopic (exact) mass is 484 g/mol. The van der Waals surface area contributed by atoms with E-state index in [2.05, 4.69) is 57.9 Å². The van der Waals surface area contributed by atoms with Crippen LogP contribution < -0.4 is 9.47 Å². The van der Waals surface area contributed by atoms with Crippen LogP contribution in [0, 0.1) is 12.8 Å². The van der Waals surface area contributed by atoms with Crippen molar-refractivity contribution in [2.75, 3.05) is 19.6 Å². The molecular formula is C26H27F3N4O2. The third-order valence-electron chi connectivity index (χ3n) is 7.49. The van der Waals surface area contributed by atoms with Gasteiger partial charge in [-0.1, -0.05) is 0 Å². The highest BCUT2D eigenvalue weighted by Crippen LogP contribution is 2.65. The number of aromatic nitrogens is 2. The first-order valence-corrected chi connectivity index (χ1v) is 11.8. The fourth-order valence-electron chi connectivity index (χ4n) is 5.86. The lowest BCUT2D eigenvalue weighted by Crippen LogP contribution is -2.45. The van der Waals surface area contributed by atoms with Crippen molar-refractivity contribution >= 4 is 5.70 Å². The number of fused-ring (bicyclic) bond motifs is 4. The molecule has 0 amide bonds. The van der Waals surface area contributed by atoms with Crippen molar-refractivity contribution < 1.29 is 22.6 Å². The van der Waals surface area contributed by atoms with Crippen LogP contribution in [0.3, 0.4) is 0 Å². The molecule has 1 aliphatic carbocycles. The van der Waals surface area contributed by atoms with Crippen LogP contribution in [-0.4, -0.2) is 50.9 Å². The minimum Gasteiger partial charge on any atom is -0.487 e. The molecule has 0 spiro atoms. The van der Waals surface area contributed by atoms with Crippen LogP contribution in [0.15, 0.2) is 61.0 Å². The van der Waals surface area contributed by atoms with E-state index in [-0.39, 0.29) is 22.7 Å². The second-order valence-corrected chi connectivity index (χ2v) is 10.4. The Balaban J connectivity index is 1.27. The predicted molar refractivity (Wildman–Crippen MR) is 124 cm³/mol. The number of allylic oxidation sites excluding steroid dienone is 3. The van der Waals surface area contributed by atoms with Crippen LogP contribution in [0.2, 0.25) is 0 Å². The van der Waals surface area contributed by atoms with Gasteiger partial charge in [0.25, 0.3) is 0 Å². The highest BCUT2D eigenvalue weighted by Gasteiger charge is 2.66. The zero-order chi connectivity index (χ0) is 24.6. The number of hydrogen-bond acceptors (Lipinski definition) is 5. The maximum Gasteiger partial charge on any atom is 0.573 e. The predicted octanol–water partition coefficient (Wildman–Crippen LogP) is 5.05. The summed E-state index contributed by atoms with van der Waals surface area (Å²) in [6, 6.07) is 4.46. The van der Waals surface area contributed by atoms with Crippen molar-refractivity contribution in [3.8, 4) is 11.5 Å². The molecule has 9 heteroatoms. The first-order chi connectivity index (χ1) is 16.5. The molecule has 6 rings (SSSR count). The molecule has 4 heterocycles. The number of rotatable bonds is 4. The Kier molecular flexibility index (Phi) is 4.63. The molecule has 3 aliphatic heterocycles. The molecule has 0 unspecified atom stereocenters. The highest BCUT2D eigenvalue weighted by atomic mass is 19.4. The number of ether oxygens (including phenoxy) is 2. The van der Waals surface area contributed by atoms with Crippen molar-refractivity contribution in [2.45, 2.75) is 44.6 Å². The van der Waals surface area contributed by atoms with Gasteiger partial charge < -0.3 is 23.8 Å². The first-order valence-electron chi connectivity index (χ1n) is 11.8. The van der Waals surface area contributed by atoms with Gasteiger partial charge in [-0.25, -0.2) is 4.98 Å². The largest absolute Gasteiger partial charge is 0.573 e. The Morgan fingerprint density at radius 2 is 1.94 bits per heavy atom. The Morgan fingerprint density at radius 3 is 2.69 bits per heavy atom. The third-order valence-corrected chi connectivity index (χ3v) is 7.49. The van der Waals surface area contributed by atoms with E-state index in [1.54, 1.807) is 6.07 Å². The molecule has 4 aliphatic rings. The average molecular weight is 485 g/mol. The van der Waals surface area contributed by atoms with Crippen molar-refractivity contribution in [1.29, 1.82) is 0 Å². The number of halogens is 3. The number of imidazole rings is 1. The second kappa shape index (κ2) is 7.32. The van der Waals surface area contributed by atoms with E-state index in [1.807, 2.05) is 24.0 Å². The molecule has 184 valence electrons. The molecule has 6 nitrogen and oxygen atoms in total. The van der Waals surface area contributed by atoms with E-state index in [4.69, 9.17) is 4.74 Å². The van der Waals surface area contributed by atoms with Gasteiger partial charge in [0.1, 0.15) is 17.1 Å². The molecule has 0 bridgehead atoms. The lowest BCUT2D eigenvalue weighted by Gasteiger charge is -2.41. The normalized spacial score (nSPS) is 26.2. The van der Waals surface area contributed by atoms with Gasteiger partial charge in [-0.2, -0.15) is 0 Å². The van der Waals surface area contributed by atoms with E-state index < -0.39 is 6.36 Å². The van der Waals surface area contributed by atoms with Gasteiger partial charge in [-0.15, -0.1) is 13.2 Å². The zero-order valence-corrected chi connectivity index (χ0v) is 19.8. The molecule has 2 atom stereocenters. The summed E-state index contributed by atoms with van der Waals surface area (Å²) >= 11 is 0. The zero-order valence-electron chi connectivity index (χ0n) is 19.8. The molecule has 1 aromatic carbocycles. The molecule has 2 aromatic rings. The fourth-order valence-corrected chi connectivity index (χ4v) is 5.86. The number of alkyl halides is 3. The minimum absolute atomic E-state index is 0.199. The summed E-state index contributed by atoms with van der Waals surface area (Å²) in [5, 5.41) is 0. The summed E-state index contributed by atoms with van der Waals surface area (Å²) in [6.07, 6.45) is 8.37. The van der Waals surface area contributed by atoms with Gasteiger partial charge in [0.15, 0.2) is 0 Å². The van der Waals surface area contributed by atoms with Gasteiger partial charge >= 0.3 is 6.36 Å². The van der Waals surface area contributed by atoms with E-state index in [9.17, 15) is 13.2 Å². The molecular weight excluding hydrogens is 457 g/mol. The second-order valence-electron chi connectivity index (χ2n) is 10.4. The smallest absolute Gasteiger partial charge is 0.487 e. The Hall–Kier alpha value is -3.36. The van der Waals surface area contributed by atoms with Crippen molar-refractivity contribution in [3.63, 3.8) is 0 Å². The topological polar surface area (TPSA) is 42.8 Å². The summed E-state index contributed by atoms with van der Waals surface area (Å²) in [7, 11) is 0. The van der Waals surface area contributed by atoms with Gasteiger partial charge in [0.2, 0.25) is 0 Å². The summed E-state index contributed by atoms with van der Waals surface area (Å²) in [6.45, 7) is 8.44. The van der Waals surface area contributed by atoms with Crippen LogP contribution in [0.4, 0.5) is 13.2 Å². The van der Waals surface area contributed by atoms with Gasteiger partial charge in [0.05, 0.1) is 23.4 Å². The molecule has 1 fully saturated rings. The SMILES string of the molecule is Cc1cn(C2=CN3CCN(C[C@@]45C[C@@H]4C(C)(C)Oc4ccc(OC(F)(F)F)cc45)C=C3C=C2)cn1. The molecule has 0 N–H and O–H groups in total. The van der Waals surface area contributed by atoms with Crippen molar-refractivity contribution in [2.24, 2.45) is 5.92 Å². The van der Waals surface area contributed by atoms with Crippen LogP contribution in [0.5, 0.6) is 11.5 Å². The van der Waals surface area contributed by atoms with E-state index in [0.29, 0.717) is 5.75 Å². The molecule has 1 aromatic heterocycles. The number of hydrogen-bond donors (Lipinski definition) is 0. The average Bonchev–Trinajstić information content (AvgIpc) is 3.38. The Bertz CT molecular complexity index is 1280. The summed E-state index contributed by atoms with van der Waals surface area (Å²) < 4.78 is 51.1. The van der Waals surface area contributed by atoms with E-state index >= 15 is 0 Å². The van der Waals surface area contributed by atoms with Crippen molar-refractivity contribution in [1.82, 2.24) is 19.4 Å². The van der Waals surface area contributed by atoms with Gasteiger partial charge in [-0.05, 0) is 57.5 Å². The number of benzene rings is 1. The maximum absolute atomic E-state index is 12.9. The molecule has 0 saturated heterocycles. The maximum atomic E-state index is 12.9. The summed E-state index contributed by atoms with van der Waals surface area (Å²) in [5.41, 5.74) is 3.25. The van der Waals surface area contributed by atoms with Gasteiger partial charge in [-0.3, -0.25) is 0 Å². The van der Waals surface area contributed by atoms with E-state index in [0.717, 1.165) is 48.7 Å². The summed E-state index contributed by atoms with van der Waals surface area (Å²) in [4.78, 5) is 8.82. The summed E-state index contributed by atoms with van der Waals surface area (Å²) in [5.74, 6) is 0.665. The fraction of sp³-hybridized carbons (Fsp3) is 0.423. The Labute approximate surface area is 201 Å². The van der Waals surface area contributed by atoms with Crippen LogP contribution in [0.25, 0.3) is 5.70 Å². The number of aryl methyl sites for hydroxylation is 1. The molecule has 0 radical (unpaired) electrons. The van der Waals surface area contributed by atoms with E-state index in [1.165, 1.54) is 12.1 Å². The quantitative estimate of drug-likeness (QED) is 0.608. The van der Waals surface area contributed by atoms with Crippen LogP contribution >= 0.6 is 0 Å². The lowest BCUT2D eigenvalue weighted by molar-refractivity contribution is -0.274. The standard InChI is InChI=1S/C26H27F3N4O2/c1-17-12-33(16-30-17)19-5-4-18-13-31(8-9-32(18)14-19)15-25-11-23(25)24(2,3)35-22-7-6-20(10-21(22)25)34-26(27,28)29/h4-7,10,12-14,16,23H,8-9,11,15H2,1-3H3/t23-,25-/m1/s1. The Morgan fingerprint density at radius 1 is 1.14 bits per heavy atom. The minimum atomic E-state index is -4.73. The first kappa shape index (κ1) is 22.1. The molecule has 35 heavy (non-hydrogen) atoms. The number of nitrogens with zero attached hydrogens (tertiary/aromatic N) is 4. The van der Waals surface area contributed by atoms with Crippen LogP contribution in [0.1, 0.15) is 31.5 Å². The van der Waals surface area contributed by atoms with Crippen molar-refractivity contribution in [3.05, 3.63) is 72.2 Å². The van der Waals surface area contributed by atoms with Gasteiger partial charge in [0, 0.05) is 55.1 Å². The third kappa shape index (κ3) is 3.86. The lowest BCUT2D eigenvalue weighted by atomic mass is 9.83. The molecule has 1 saturated carbocycles. The highest BCUT2D eigenvalue weighted by molar-refractivity contribution is 5.61.